The van der Waals surface area contributed by atoms with Crippen LogP contribution >= 0.6 is 11.3 Å². The first kappa shape index (κ1) is 20.6. The molecule has 0 unspecified atom stereocenters. The van der Waals surface area contributed by atoms with Gasteiger partial charge in [-0.15, -0.1) is 11.3 Å². The van der Waals surface area contributed by atoms with Crippen molar-refractivity contribution in [2.45, 2.75) is 26.2 Å². The molecule has 2 aliphatic rings. The molecule has 1 aromatic heterocycles. The standard InChI is InChI=1S/C21H25FN4O3S/c1-13(27)25-7-9-26(10-8-25)21-24-17-5-3-14(11-19(17)30-21)20(28)23-15-4-6-18(29-2)16(22)12-15/h4,6,12,14H,3,5,7-11H2,1-2H3,(H,23,28)/t14-/m1/s1. The fraction of sp³-hybridized carbons (Fsp3) is 0.476. The monoisotopic (exact) mass is 432 g/mol. The lowest BCUT2D eigenvalue weighted by molar-refractivity contribution is -0.129. The van der Waals surface area contributed by atoms with E-state index in [0.717, 1.165) is 41.6 Å². The van der Waals surface area contributed by atoms with Crippen molar-refractivity contribution in [1.29, 1.82) is 0 Å². The number of thiazole rings is 1. The molecule has 2 aromatic rings. The number of piperazine rings is 1. The molecule has 1 N–H and O–H groups in total. The van der Waals surface area contributed by atoms with Crippen LogP contribution in [0.2, 0.25) is 0 Å². The average Bonchev–Trinajstić information content (AvgIpc) is 3.17. The van der Waals surface area contributed by atoms with E-state index in [0.29, 0.717) is 25.2 Å². The van der Waals surface area contributed by atoms with Crippen LogP contribution in [0.5, 0.6) is 5.75 Å². The Balaban J connectivity index is 1.38. The molecule has 1 atom stereocenters. The van der Waals surface area contributed by atoms with E-state index in [2.05, 4.69) is 10.2 Å². The van der Waals surface area contributed by atoms with E-state index in [9.17, 15) is 14.0 Å². The van der Waals surface area contributed by atoms with Gasteiger partial charge < -0.3 is 19.9 Å². The second-order valence-corrected chi connectivity index (χ2v) is 8.70. The van der Waals surface area contributed by atoms with Crippen molar-refractivity contribution in [3.63, 3.8) is 0 Å². The van der Waals surface area contributed by atoms with Gasteiger partial charge in [-0.25, -0.2) is 9.37 Å². The lowest BCUT2D eigenvalue weighted by atomic mass is 9.90. The Morgan fingerprint density at radius 3 is 2.70 bits per heavy atom. The molecule has 160 valence electrons. The summed E-state index contributed by atoms with van der Waals surface area (Å²) in [6.45, 7) is 4.58. The van der Waals surface area contributed by atoms with Crippen LogP contribution in [-0.4, -0.2) is 55.0 Å². The molecule has 4 rings (SSSR count). The lowest BCUT2D eigenvalue weighted by Gasteiger charge is -2.33. The smallest absolute Gasteiger partial charge is 0.227 e. The molecule has 0 spiro atoms. The summed E-state index contributed by atoms with van der Waals surface area (Å²) in [4.78, 5) is 34.3. The Morgan fingerprint density at radius 2 is 2.03 bits per heavy atom. The second kappa shape index (κ2) is 8.59. The number of aryl methyl sites for hydroxylation is 1. The number of nitrogens with one attached hydrogen (secondary N) is 1. The summed E-state index contributed by atoms with van der Waals surface area (Å²) in [6.07, 6.45) is 2.12. The van der Waals surface area contributed by atoms with Crippen LogP contribution in [0.1, 0.15) is 23.9 Å². The summed E-state index contributed by atoms with van der Waals surface area (Å²) in [5.41, 5.74) is 1.50. The Kier molecular flexibility index (Phi) is 5.90. The maximum absolute atomic E-state index is 13.9. The van der Waals surface area contributed by atoms with Crippen molar-refractivity contribution < 1.29 is 18.7 Å². The molecule has 0 radical (unpaired) electrons. The molecule has 0 bridgehead atoms. The number of rotatable bonds is 4. The molecule has 1 aliphatic heterocycles. The largest absolute Gasteiger partial charge is 0.494 e. The third-order valence-corrected chi connectivity index (χ3v) is 6.89. The summed E-state index contributed by atoms with van der Waals surface area (Å²) < 4.78 is 18.8. The molecule has 1 saturated heterocycles. The molecule has 7 nitrogen and oxygen atoms in total. The highest BCUT2D eigenvalue weighted by atomic mass is 32.1. The van der Waals surface area contributed by atoms with Gasteiger partial charge in [-0.2, -0.15) is 0 Å². The predicted octanol–water partition coefficient (Wildman–Crippen LogP) is 2.70. The summed E-state index contributed by atoms with van der Waals surface area (Å²) in [5, 5.41) is 3.80. The Labute approximate surface area is 178 Å². The number of carbonyl (C=O) groups excluding carboxylic acids is 2. The number of aromatic nitrogens is 1. The second-order valence-electron chi connectivity index (χ2n) is 7.64. The minimum Gasteiger partial charge on any atom is -0.494 e. The van der Waals surface area contributed by atoms with Crippen molar-refractivity contribution in [3.05, 3.63) is 34.6 Å². The van der Waals surface area contributed by atoms with E-state index in [-0.39, 0.29) is 23.5 Å². The van der Waals surface area contributed by atoms with Gasteiger partial charge in [-0.1, -0.05) is 0 Å². The minimum absolute atomic E-state index is 0.102. The number of benzene rings is 1. The number of ether oxygens (including phenoxy) is 1. The molecule has 9 heteroatoms. The Hall–Kier alpha value is -2.68. The highest BCUT2D eigenvalue weighted by Gasteiger charge is 2.29. The molecular weight excluding hydrogens is 407 g/mol. The van der Waals surface area contributed by atoms with Gasteiger partial charge in [0, 0.05) is 55.7 Å². The van der Waals surface area contributed by atoms with Gasteiger partial charge in [0.25, 0.3) is 0 Å². The fourth-order valence-corrected chi connectivity index (χ4v) is 5.16. The van der Waals surface area contributed by atoms with Gasteiger partial charge in [0.2, 0.25) is 11.8 Å². The van der Waals surface area contributed by atoms with Crippen LogP contribution in [0, 0.1) is 11.7 Å². The fourth-order valence-electron chi connectivity index (χ4n) is 3.92. The van der Waals surface area contributed by atoms with Gasteiger partial charge in [0.15, 0.2) is 16.7 Å². The van der Waals surface area contributed by atoms with E-state index in [1.807, 2.05) is 4.90 Å². The first-order valence-corrected chi connectivity index (χ1v) is 10.9. The van der Waals surface area contributed by atoms with Crippen LogP contribution in [0.3, 0.4) is 0 Å². The summed E-state index contributed by atoms with van der Waals surface area (Å²) in [6, 6.07) is 4.42. The van der Waals surface area contributed by atoms with Crippen molar-refractivity contribution in [2.24, 2.45) is 5.92 Å². The summed E-state index contributed by atoms with van der Waals surface area (Å²) in [5.74, 6) is -0.505. The SMILES string of the molecule is COc1ccc(NC(=O)[C@@H]2CCc3nc(N4CCN(C(C)=O)CC4)sc3C2)cc1F. The third-order valence-electron chi connectivity index (χ3n) is 5.71. The van der Waals surface area contributed by atoms with Crippen LogP contribution < -0.4 is 15.0 Å². The molecule has 1 aliphatic carbocycles. The highest BCUT2D eigenvalue weighted by Crippen LogP contribution is 2.35. The van der Waals surface area contributed by atoms with Gasteiger partial charge in [0.1, 0.15) is 0 Å². The normalized spacial score (nSPS) is 18.7. The zero-order chi connectivity index (χ0) is 21.3. The molecule has 1 aromatic carbocycles. The summed E-state index contributed by atoms with van der Waals surface area (Å²) >= 11 is 1.64. The number of anilines is 2. The maximum atomic E-state index is 13.9. The van der Waals surface area contributed by atoms with Crippen LogP contribution in [0.25, 0.3) is 0 Å². The topological polar surface area (TPSA) is 74.8 Å². The van der Waals surface area contributed by atoms with E-state index in [1.54, 1.807) is 24.3 Å². The summed E-state index contributed by atoms with van der Waals surface area (Å²) in [7, 11) is 1.41. The Bertz CT molecular complexity index is 956. The number of hydrogen-bond donors (Lipinski definition) is 1. The number of halogens is 1. The molecule has 0 saturated carbocycles. The zero-order valence-corrected chi connectivity index (χ0v) is 17.9. The first-order valence-electron chi connectivity index (χ1n) is 10.1. The van der Waals surface area contributed by atoms with Gasteiger partial charge in [-0.05, 0) is 31.4 Å². The number of nitrogens with zero attached hydrogens (tertiary/aromatic N) is 3. The quantitative estimate of drug-likeness (QED) is 0.804. The van der Waals surface area contributed by atoms with Crippen molar-refractivity contribution >= 4 is 34.0 Å². The van der Waals surface area contributed by atoms with E-state index in [4.69, 9.17) is 9.72 Å². The molecule has 1 fully saturated rings. The van der Waals surface area contributed by atoms with Crippen molar-refractivity contribution in [2.75, 3.05) is 43.5 Å². The number of hydrogen-bond acceptors (Lipinski definition) is 6. The highest BCUT2D eigenvalue weighted by molar-refractivity contribution is 7.15. The van der Waals surface area contributed by atoms with Crippen molar-refractivity contribution in [3.8, 4) is 5.75 Å². The van der Waals surface area contributed by atoms with E-state index < -0.39 is 5.82 Å². The van der Waals surface area contributed by atoms with Crippen LogP contribution in [0.15, 0.2) is 18.2 Å². The number of carbonyl (C=O) groups is 2. The maximum Gasteiger partial charge on any atom is 0.227 e. The first-order chi connectivity index (χ1) is 14.4. The molecular formula is C21H25FN4O3S. The number of methoxy groups -OCH3 is 1. The third kappa shape index (κ3) is 4.26. The van der Waals surface area contributed by atoms with Gasteiger partial charge >= 0.3 is 0 Å². The van der Waals surface area contributed by atoms with Gasteiger partial charge in [-0.3, -0.25) is 9.59 Å². The molecule has 30 heavy (non-hydrogen) atoms. The molecule has 2 amide bonds. The number of fused-ring (bicyclic) bond motifs is 1. The predicted molar refractivity (Wildman–Crippen MR) is 114 cm³/mol. The molecule has 2 heterocycles. The minimum atomic E-state index is -0.502. The van der Waals surface area contributed by atoms with E-state index in [1.165, 1.54) is 19.2 Å². The number of amides is 2. The average molecular weight is 433 g/mol. The van der Waals surface area contributed by atoms with Crippen molar-refractivity contribution in [1.82, 2.24) is 9.88 Å². The Morgan fingerprint density at radius 1 is 1.27 bits per heavy atom. The van der Waals surface area contributed by atoms with Gasteiger partial charge in [0.05, 0.1) is 12.8 Å². The van der Waals surface area contributed by atoms with E-state index >= 15 is 0 Å². The van der Waals surface area contributed by atoms with Crippen LogP contribution in [0.4, 0.5) is 15.2 Å². The van der Waals surface area contributed by atoms with Crippen LogP contribution in [-0.2, 0) is 22.4 Å². The zero-order valence-electron chi connectivity index (χ0n) is 17.1. The lowest BCUT2D eigenvalue weighted by Crippen LogP contribution is -2.48.